The maximum atomic E-state index is 13.5. The molecule has 0 bridgehead atoms. The van der Waals surface area contributed by atoms with Crippen molar-refractivity contribution in [3.8, 4) is 0 Å². The summed E-state index contributed by atoms with van der Waals surface area (Å²) in [6.45, 7) is 5.66. The fourth-order valence-electron chi connectivity index (χ4n) is 10.9. The van der Waals surface area contributed by atoms with Gasteiger partial charge in [-0.3, -0.25) is 9.59 Å². The number of amides is 1. The van der Waals surface area contributed by atoms with Gasteiger partial charge in [0.1, 0.15) is 24.4 Å². The van der Waals surface area contributed by atoms with Gasteiger partial charge in [-0.05, 0) is 122 Å². The van der Waals surface area contributed by atoms with E-state index < -0.39 is 67.4 Å². The molecule has 1 amide bonds. The lowest BCUT2D eigenvalue weighted by Crippen LogP contribution is -2.61. The Bertz CT molecular complexity index is 2010. The van der Waals surface area contributed by atoms with Gasteiger partial charge < -0.3 is 45.1 Å². The summed E-state index contributed by atoms with van der Waals surface area (Å²) < 4.78 is 17.7. The van der Waals surface area contributed by atoms with Crippen LogP contribution in [0.5, 0.6) is 0 Å². The van der Waals surface area contributed by atoms with E-state index in [4.69, 9.17) is 14.2 Å². The molecule has 1 rings (SSSR count). The fourth-order valence-corrected chi connectivity index (χ4v) is 10.9. The van der Waals surface area contributed by atoms with Crippen LogP contribution in [0.15, 0.2) is 134 Å². The van der Waals surface area contributed by atoms with Gasteiger partial charge in [0, 0.05) is 6.42 Å². The minimum absolute atomic E-state index is 0.111. The Kier molecular flexibility index (Phi) is 62.3. The van der Waals surface area contributed by atoms with Crippen LogP contribution < -0.4 is 5.32 Å². The van der Waals surface area contributed by atoms with Gasteiger partial charge in [-0.15, -0.1) is 0 Å². The molecule has 0 aliphatic carbocycles. The second-order valence-electron chi connectivity index (χ2n) is 25.3. The quantitative estimate of drug-likeness (QED) is 0.0195. The molecule has 0 aromatic carbocycles. The standard InChI is InChI=1S/C81H137NO10/c1-4-7-10-13-16-19-22-25-27-29-31-33-35-37-38-39-41-43-45-47-49-51-54-57-60-63-66-69-76(86)92-79-78(88)77(87)75(70-83)91-81(79)90-71-72(73(84)67-64-61-58-55-52-24-21-18-15-12-9-6-3)82-80(89)74(85)68-65-62-59-56-53-50-48-46-44-42-40-36-34-32-30-28-26-23-20-17-14-11-8-5-2/h8,11,16-17,19-20,25-28,31-34,37-38,40,42,46,48,64,67,72-75,77-79,81,83-85,87-88H,4-7,9-10,12-15,18,21-24,29-30,35-36,39,41,43-45,47,49-63,65-66,68-71H2,1-3H3,(H,82,89)/b11-8-,19-16-,20-17-,27-25-,28-26-,33-31-,34-32-,38-37-,42-40-,48-46-,67-64+. The summed E-state index contributed by atoms with van der Waals surface area (Å²) in [5.41, 5.74) is 0. The van der Waals surface area contributed by atoms with Crippen LogP contribution in [0.2, 0.25) is 0 Å². The fraction of sp³-hybridized carbons (Fsp3) is 0.704. The molecule has 92 heavy (non-hydrogen) atoms. The van der Waals surface area contributed by atoms with Crippen LogP contribution in [0.1, 0.15) is 303 Å². The minimum Gasteiger partial charge on any atom is -0.454 e. The van der Waals surface area contributed by atoms with E-state index in [1.807, 2.05) is 6.08 Å². The molecule has 8 unspecified atom stereocenters. The third kappa shape index (κ3) is 53.1. The molecule has 6 N–H and O–H groups in total. The summed E-state index contributed by atoms with van der Waals surface area (Å²) in [7, 11) is 0. The number of esters is 1. The predicted octanol–water partition coefficient (Wildman–Crippen LogP) is 19.9. The molecule has 0 radical (unpaired) electrons. The lowest BCUT2D eigenvalue weighted by atomic mass is 9.99. The first-order valence-electron chi connectivity index (χ1n) is 37.5. The molecule has 11 nitrogen and oxygen atoms in total. The molecule has 1 aliphatic heterocycles. The van der Waals surface area contributed by atoms with Crippen molar-refractivity contribution in [2.75, 3.05) is 13.2 Å². The second kappa shape index (κ2) is 66.8. The lowest BCUT2D eigenvalue weighted by molar-refractivity contribution is -0.305. The number of ether oxygens (including phenoxy) is 3. The predicted molar refractivity (Wildman–Crippen MR) is 388 cm³/mol. The van der Waals surface area contributed by atoms with E-state index in [1.54, 1.807) is 6.08 Å². The molecule has 11 heteroatoms. The Labute approximate surface area is 563 Å². The summed E-state index contributed by atoms with van der Waals surface area (Å²) in [4.78, 5) is 26.7. The Morgan fingerprint density at radius 3 is 1.20 bits per heavy atom. The third-order valence-electron chi connectivity index (χ3n) is 16.8. The molecule has 0 aromatic rings. The van der Waals surface area contributed by atoms with Gasteiger partial charge in [-0.2, -0.15) is 0 Å². The lowest BCUT2D eigenvalue weighted by Gasteiger charge is -2.41. The number of nitrogens with one attached hydrogen (secondary N) is 1. The van der Waals surface area contributed by atoms with E-state index in [2.05, 4.69) is 148 Å². The highest BCUT2D eigenvalue weighted by Gasteiger charge is 2.47. The summed E-state index contributed by atoms with van der Waals surface area (Å²) >= 11 is 0. The van der Waals surface area contributed by atoms with Crippen LogP contribution in [0.3, 0.4) is 0 Å². The average molecular weight is 1280 g/mol. The van der Waals surface area contributed by atoms with E-state index in [9.17, 15) is 35.1 Å². The van der Waals surface area contributed by atoms with Gasteiger partial charge in [0.05, 0.1) is 25.4 Å². The first-order valence-corrected chi connectivity index (χ1v) is 37.5. The summed E-state index contributed by atoms with van der Waals surface area (Å²) in [5, 5.41) is 57.3. The molecule has 8 atom stereocenters. The SMILES string of the molecule is CC/C=C\C/C=C\C/C=C\C/C=C\C/C=C\C/C=C\CCCCCCCC(O)C(=O)NC(COC1OC(CO)C(O)C(O)C1OC(=O)CCCCCCCCCCCCC/C=C\C/C=C\C/C=C\C/C=C\CCCCC)C(O)/C=C/CCCCCCCCCCCC. The van der Waals surface area contributed by atoms with Gasteiger partial charge in [-0.25, -0.2) is 0 Å². The summed E-state index contributed by atoms with van der Waals surface area (Å²) in [6.07, 6.45) is 84.8. The van der Waals surface area contributed by atoms with Crippen LogP contribution in [-0.4, -0.2) is 99.6 Å². The largest absolute Gasteiger partial charge is 0.454 e. The molecular formula is C81H137NO10. The van der Waals surface area contributed by atoms with Crippen molar-refractivity contribution in [1.29, 1.82) is 0 Å². The van der Waals surface area contributed by atoms with E-state index in [0.29, 0.717) is 12.8 Å². The highest BCUT2D eigenvalue weighted by Crippen LogP contribution is 2.26. The van der Waals surface area contributed by atoms with E-state index >= 15 is 0 Å². The summed E-state index contributed by atoms with van der Waals surface area (Å²) in [6, 6.07) is -1.04. The number of carbonyl (C=O) groups excluding carboxylic acids is 2. The van der Waals surface area contributed by atoms with Crippen molar-refractivity contribution >= 4 is 11.9 Å². The highest BCUT2D eigenvalue weighted by molar-refractivity contribution is 5.80. The van der Waals surface area contributed by atoms with E-state index in [0.717, 1.165) is 141 Å². The molecule has 1 saturated heterocycles. The molecule has 1 aliphatic rings. The van der Waals surface area contributed by atoms with Crippen molar-refractivity contribution in [3.05, 3.63) is 134 Å². The van der Waals surface area contributed by atoms with Gasteiger partial charge >= 0.3 is 5.97 Å². The van der Waals surface area contributed by atoms with Crippen molar-refractivity contribution in [3.63, 3.8) is 0 Å². The maximum Gasteiger partial charge on any atom is 0.306 e. The highest BCUT2D eigenvalue weighted by atomic mass is 16.7. The number of aliphatic hydroxyl groups is 5. The maximum absolute atomic E-state index is 13.5. The number of rotatable bonds is 63. The molecule has 0 aromatic heterocycles. The Balaban J connectivity index is 2.56. The van der Waals surface area contributed by atoms with Crippen molar-refractivity contribution in [1.82, 2.24) is 5.32 Å². The zero-order valence-corrected chi connectivity index (χ0v) is 58.6. The number of hydrogen-bond acceptors (Lipinski definition) is 10. The Morgan fingerprint density at radius 2 is 0.783 bits per heavy atom. The van der Waals surface area contributed by atoms with Crippen LogP contribution in [0.25, 0.3) is 0 Å². The van der Waals surface area contributed by atoms with E-state index in [-0.39, 0.29) is 19.4 Å². The zero-order chi connectivity index (χ0) is 66.7. The average Bonchev–Trinajstić information content (AvgIpc) is 0.928. The smallest absolute Gasteiger partial charge is 0.306 e. The van der Waals surface area contributed by atoms with Gasteiger partial charge in [0.15, 0.2) is 12.4 Å². The van der Waals surface area contributed by atoms with Crippen LogP contribution in [-0.2, 0) is 23.8 Å². The van der Waals surface area contributed by atoms with Crippen LogP contribution in [0, 0.1) is 0 Å². The number of aliphatic hydroxyl groups excluding tert-OH is 5. The van der Waals surface area contributed by atoms with Crippen molar-refractivity contribution < 1.29 is 49.3 Å². The zero-order valence-electron chi connectivity index (χ0n) is 58.6. The first-order chi connectivity index (χ1) is 45.2. The number of hydrogen-bond donors (Lipinski definition) is 6. The molecule has 0 spiro atoms. The van der Waals surface area contributed by atoms with Gasteiger partial charge in [-0.1, -0.05) is 309 Å². The molecule has 526 valence electrons. The van der Waals surface area contributed by atoms with E-state index in [1.165, 1.54) is 116 Å². The van der Waals surface area contributed by atoms with Crippen LogP contribution >= 0.6 is 0 Å². The topological polar surface area (TPSA) is 175 Å². The van der Waals surface area contributed by atoms with Gasteiger partial charge in [0.2, 0.25) is 5.91 Å². The molecule has 0 saturated carbocycles. The summed E-state index contributed by atoms with van der Waals surface area (Å²) in [5.74, 6) is -1.22. The van der Waals surface area contributed by atoms with Crippen molar-refractivity contribution in [2.24, 2.45) is 0 Å². The normalized spacial score (nSPS) is 18.7. The molecular weight excluding hydrogens is 1150 g/mol. The third-order valence-corrected chi connectivity index (χ3v) is 16.8. The molecule has 1 heterocycles. The van der Waals surface area contributed by atoms with Gasteiger partial charge in [0.25, 0.3) is 0 Å². The number of allylic oxidation sites excluding steroid dienone is 21. The second-order valence-corrected chi connectivity index (χ2v) is 25.3. The first kappa shape index (κ1) is 85.8. The number of carbonyl (C=O) groups is 2. The Morgan fingerprint density at radius 1 is 0.435 bits per heavy atom. The minimum atomic E-state index is -1.63. The monoisotopic (exact) mass is 1280 g/mol. The molecule has 1 fully saturated rings. The Hall–Kier alpha value is -4.20. The van der Waals surface area contributed by atoms with Crippen molar-refractivity contribution in [2.45, 2.75) is 352 Å². The van der Waals surface area contributed by atoms with Crippen LogP contribution in [0.4, 0.5) is 0 Å². The number of unbranched alkanes of at least 4 members (excludes halogenated alkanes) is 29.